The van der Waals surface area contributed by atoms with E-state index in [4.69, 9.17) is 14.6 Å². The van der Waals surface area contributed by atoms with Crippen LogP contribution >= 0.6 is 0 Å². The zero-order valence-corrected chi connectivity index (χ0v) is 12.0. The van der Waals surface area contributed by atoms with Crippen molar-refractivity contribution in [2.45, 2.75) is 0 Å². The Morgan fingerprint density at radius 3 is 2.25 bits per heavy atom. The van der Waals surface area contributed by atoms with Crippen LogP contribution in [0.15, 0.2) is 52.5 Å². The lowest BCUT2D eigenvalue weighted by Gasteiger charge is -2.03. The number of nitrogens with zero attached hydrogens (tertiary/aromatic N) is 4. The molecule has 0 amide bonds. The van der Waals surface area contributed by atoms with Crippen molar-refractivity contribution in [1.82, 2.24) is 14.9 Å². The van der Waals surface area contributed by atoms with E-state index in [9.17, 15) is 9.59 Å². The number of hydrogen-bond donors (Lipinski definition) is 2. The van der Waals surface area contributed by atoms with Crippen LogP contribution in [0.2, 0.25) is 0 Å². The number of aromatic carboxylic acids is 2. The van der Waals surface area contributed by atoms with Gasteiger partial charge in [0.05, 0.1) is 17.3 Å². The Morgan fingerprint density at radius 1 is 1.04 bits per heavy atom. The first-order valence-corrected chi connectivity index (χ1v) is 6.64. The molecule has 120 valence electrons. The highest BCUT2D eigenvalue weighted by molar-refractivity contribution is 5.96. The van der Waals surface area contributed by atoms with E-state index in [0.717, 1.165) is 6.07 Å². The second-order valence-electron chi connectivity index (χ2n) is 4.70. The number of carboxylic acid groups (broad SMARTS) is 2. The molecule has 1 aromatic carbocycles. The molecule has 0 fully saturated rings. The number of benzene rings is 1. The normalized spacial score (nSPS) is 11.0. The lowest BCUT2D eigenvalue weighted by atomic mass is 10.0. The number of rotatable bonds is 5. The van der Waals surface area contributed by atoms with E-state index in [-0.39, 0.29) is 11.1 Å². The van der Waals surface area contributed by atoms with Crippen molar-refractivity contribution in [3.05, 3.63) is 59.9 Å². The SMILES string of the molecule is O=C(O)c1cc(C(=O)O)cc(-c2ccc(/C=N/n3cnnc3)o2)c1. The molecule has 0 saturated carbocycles. The summed E-state index contributed by atoms with van der Waals surface area (Å²) in [5, 5.41) is 29.4. The molecule has 0 aliphatic rings. The molecule has 0 aliphatic heterocycles. The molecule has 0 aliphatic carbocycles. The molecule has 9 nitrogen and oxygen atoms in total. The monoisotopic (exact) mass is 326 g/mol. The molecule has 9 heteroatoms. The Balaban J connectivity index is 1.94. The molecule has 0 bridgehead atoms. The molecule has 2 aromatic heterocycles. The lowest BCUT2D eigenvalue weighted by Crippen LogP contribution is -2.02. The summed E-state index contributed by atoms with van der Waals surface area (Å²) in [6, 6.07) is 6.99. The summed E-state index contributed by atoms with van der Waals surface area (Å²) in [5.41, 5.74) is 0.0678. The second-order valence-corrected chi connectivity index (χ2v) is 4.70. The maximum absolute atomic E-state index is 11.1. The van der Waals surface area contributed by atoms with E-state index >= 15 is 0 Å². The van der Waals surface area contributed by atoms with Gasteiger partial charge in [-0.2, -0.15) is 5.10 Å². The van der Waals surface area contributed by atoms with Gasteiger partial charge in [0.25, 0.3) is 0 Å². The average molecular weight is 326 g/mol. The van der Waals surface area contributed by atoms with Crippen molar-refractivity contribution in [1.29, 1.82) is 0 Å². The number of carbonyl (C=O) groups is 2. The molecule has 3 rings (SSSR count). The molecular formula is C15H10N4O5. The summed E-state index contributed by atoms with van der Waals surface area (Å²) in [4.78, 5) is 22.3. The molecule has 0 saturated heterocycles. The third-order valence-corrected chi connectivity index (χ3v) is 3.06. The highest BCUT2D eigenvalue weighted by Gasteiger charge is 2.14. The second kappa shape index (κ2) is 6.16. The van der Waals surface area contributed by atoms with Gasteiger partial charge < -0.3 is 14.6 Å². The molecule has 0 unspecified atom stereocenters. The lowest BCUT2D eigenvalue weighted by molar-refractivity contribution is 0.0696. The van der Waals surface area contributed by atoms with Gasteiger partial charge in [-0.15, -0.1) is 10.2 Å². The Kier molecular flexibility index (Phi) is 3.89. The zero-order valence-electron chi connectivity index (χ0n) is 12.0. The first-order valence-electron chi connectivity index (χ1n) is 6.64. The summed E-state index contributed by atoms with van der Waals surface area (Å²) >= 11 is 0. The van der Waals surface area contributed by atoms with Gasteiger partial charge in [-0.3, -0.25) is 0 Å². The van der Waals surface area contributed by atoms with Crippen molar-refractivity contribution < 1.29 is 24.2 Å². The fourth-order valence-corrected chi connectivity index (χ4v) is 1.97. The van der Waals surface area contributed by atoms with Gasteiger partial charge in [-0.1, -0.05) is 0 Å². The quantitative estimate of drug-likeness (QED) is 0.683. The van der Waals surface area contributed by atoms with Crippen molar-refractivity contribution in [2.24, 2.45) is 5.10 Å². The first kappa shape index (κ1) is 15.2. The van der Waals surface area contributed by atoms with Crippen molar-refractivity contribution in [3.63, 3.8) is 0 Å². The highest BCUT2D eigenvalue weighted by Crippen LogP contribution is 2.24. The van der Waals surface area contributed by atoms with Crippen LogP contribution in [0.4, 0.5) is 0 Å². The third-order valence-electron chi connectivity index (χ3n) is 3.06. The van der Waals surface area contributed by atoms with Gasteiger partial charge in [0, 0.05) is 5.56 Å². The van der Waals surface area contributed by atoms with Gasteiger partial charge in [0.15, 0.2) is 0 Å². The van der Waals surface area contributed by atoms with E-state index in [2.05, 4.69) is 15.3 Å². The number of aromatic nitrogens is 3. The van der Waals surface area contributed by atoms with Gasteiger partial charge in [-0.05, 0) is 30.3 Å². The molecular weight excluding hydrogens is 316 g/mol. The van der Waals surface area contributed by atoms with Crippen LogP contribution in [0.5, 0.6) is 0 Å². The maximum Gasteiger partial charge on any atom is 0.335 e. The Bertz CT molecular complexity index is 895. The van der Waals surface area contributed by atoms with E-state index in [1.54, 1.807) is 12.1 Å². The Morgan fingerprint density at radius 2 is 1.67 bits per heavy atom. The minimum atomic E-state index is -1.22. The van der Waals surface area contributed by atoms with Crippen LogP contribution < -0.4 is 0 Å². The van der Waals surface area contributed by atoms with Crippen molar-refractivity contribution >= 4 is 18.2 Å². The summed E-state index contributed by atoms with van der Waals surface area (Å²) < 4.78 is 6.92. The Labute approximate surface area is 134 Å². The Hall–Kier alpha value is -3.75. The van der Waals surface area contributed by atoms with Crippen LogP contribution in [0.25, 0.3) is 11.3 Å². The maximum atomic E-state index is 11.1. The summed E-state index contributed by atoms with van der Waals surface area (Å²) in [6.45, 7) is 0. The van der Waals surface area contributed by atoms with Gasteiger partial charge in [-0.25, -0.2) is 14.3 Å². The molecule has 0 spiro atoms. The summed E-state index contributed by atoms with van der Waals surface area (Å²) in [7, 11) is 0. The number of hydrogen-bond acceptors (Lipinski definition) is 6. The standard InChI is InChI=1S/C15H10N4O5/c20-14(21)10-3-9(4-11(5-10)15(22)23)13-2-1-12(24-13)6-18-19-7-16-17-8-19/h1-8H,(H,20,21)(H,22,23)/b18-6+. The smallest absolute Gasteiger partial charge is 0.335 e. The van der Waals surface area contributed by atoms with Gasteiger partial charge >= 0.3 is 11.9 Å². The minimum Gasteiger partial charge on any atom is -0.478 e. The molecule has 24 heavy (non-hydrogen) atoms. The third kappa shape index (κ3) is 3.19. The average Bonchev–Trinajstić information content (AvgIpc) is 3.24. The first-order chi connectivity index (χ1) is 11.5. The van der Waals surface area contributed by atoms with E-state index < -0.39 is 11.9 Å². The predicted octanol–water partition coefficient (Wildman–Crippen LogP) is 1.82. The highest BCUT2D eigenvalue weighted by atomic mass is 16.4. The van der Waals surface area contributed by atoms with E-state index in [1.807, 2.05) is 0 Å². The fourth-order valence-electron chi connectivity index (χ4n) is 1.97. The number of carboxylic acids is 2. The molecule has 2 heterocycles. The molecule has 0 atom stereocenters. The summed E-state index contributed by atoms with van der Waals surface area (Å²) in [6.07, 6.45) is 4.22. The van der Waals surface area contributed by atoms with Gasteiger partial charge in [0.1, 0.15) is 24.2 Å². The van der Waals surface area contributed by atoms with Crippen LogP contribution in [-0.2, 0) is 0 Å². The van der Waals surface area contributed by atoms with E-state index in [1.165, 1.54) is 35.7 Å². The summed E-state index contributed by atoms with van der Waals surface area (Å²) in [5.74, 6) is -1.72. The van der Waals surface area contributed by atoms with Crippen LogP contribution in [-0.4, -0.2) is 43.2 Å². The van der Waals surface area contributed by atoms with Gasteiger partial charge in [0.2, 0.25) is 0 Å². The molecule has 0 radical (unpaired) electrons. The van der Waals surface area contributed by atoms with Crippen LogP contribution in [0, 0.1) is 0 Å². The topological polar surface area (TPSA) is 131 Å². The van der Waals surface area contributed by atoms with Crippen molar-refractivity contribution in [3.8, 4) is 11.3 Å². The van der Waals surface area contributed by atoms with Crippen molar-refractivity contribution in [2.75, 3.05) is 0 Å². The largest absolute Gasteiger partial charge is 0.478 e. The van der Waals surface area contributed by atoms with Crippen LogP contribution in [0.3, 0.4) is 0 Å². The van der Waals surface area contributed by atoms with Crippen LogP contribution in [0.1, 0.15) is 26.5 Å². The van der Waals surface area contributed by atoms with E-state index in [0.29, 0.717) is 17.1 Å². The molecule has 2 N–H and O–H groups in total. The fraction of sp³-hybridized carbons (Fsp3) is 0. The zero-order chi connectivity index (χ0) is 17.1. The minimum absolute atomic E-state index is 0.138. The molecule has 3 aromatic rings. The number of furan rings is 1. The predicted molar refractivity (Wildman–Crippen MR) is 81.1 cm³/mol.